The van der Waals surface area contributed by atoms with Crippen LogP contribution in [0.3, 0.4) is 0 Å². The van der Waals surface area contributed by atoms with E-state index < -0.39 is 9.84 Å². The molecular weight excluding hydrogens is 224 g/mol. The van der Waals surface area contributed by atoms with Crippen LogP contribution in [0.5, 0.6) is 0 Å². The molecule has 0 aromatic rings. The first-order valence-corrected chi connectivity index (χ1v) is 7.89. The molecule has 0 saturated carbocycles. The fraction of sp³-hybridized carbons (Fsp3) is 1.00. The number of hydrogen-bond acceptors (Lipinski definition) is 4. The van der Waals surface area contributed by atoms with Crippen molar-refractivity contribution >= 4 is 9.84 Å². The van der Waals surface area contributed by atoms with Crippen molar-refractivity contribution in [2.45, 2.75) is 25.8 Å². The predicted molar refractivity (Wildman–Crippen MR) is 65.2 cm³/mol. The van der Waals surface area contributed by atoms with Crippen molar-refractivity contribution in [1.29, 1.82) is 0 Å². The second-order valence-corrected chi connectivity index (χ2v) is 7.86. The van der Waals surface area contributed by atoms with Gasteiger partial charge in [-0.05, 0) is 44.8 Å². The number of sulfone groups is 1. The molecule has 2 unspecified atom stereocenters. The van der Waals surface area contributed by atoms with Crippen molar-refractivity contribution in [1.82, 2.24) is 10.6 Å². The highest BCUT2D eigenvalue weighted by molar-refractivity contribution is 7.91. The van der Waals surface area contributed by atoms with E-state index >= 15 is 0 Å². The minimum atomic E-state index is -2.79. The lowest BCUT2D eigenvalue weighted by Gasteiger charge is -2.35. The van der Waals surface area contributed by atoms with Crippen LogP contribution in [-0.4, -0.2) is 45.1 Å². The maximum atomic E-state index is 11.4. The highest BCUT2D eigenvalue weighted by atomic mass is 32.2. The van der Waals surface area contributed by atoms with Crippen LogP contribution in [0.4, 0.5) is 0 Å². The summed E-state index contributed by atoms with van der Waals surface area (Å²) in [4.78, 5) is 0. The summed E-state index contributed by atoms with van der Waals surface area (Å²) in [5, 5.41) is 6.72. The molecule has 0 bridgehead atoms. The van der Waals surface area contributed by atoms with E-state index in [4.69, 9.17) is 0 Å². The lowest BCUT2D eigenvalue weighted by molar-refractivity contribution is 0.226. The molecule has 4 nitrogen and oxygen atoms in total. The average molecular weight is 246 g/mol. The predicted octanol–water partition coefficient (Wildman–Crippen LogP) is 0.00870. The molecule has 0 aliphatic carbocycles. The lowest BCUT2D eigenvalue weighted by Crippen LogP contribution is -2.51. The first-order chi connectivity index (χ1) is 7.40. The maximum Gasteiger partial charge on any atom is 0.152 e. The number of rotatable bonds is 4. The van der Waals surface area contributed by atoms with Gasteiger partial charge in [-0.1, -0.05) is 6.92 Å². The van der Waals surface area contributed by atoms with Crippen molar-refractivity contribution < 1.29 is 8.42 Å². The number of nitrogens with one attached hydrogen (secondary N) is 2. The Morgan fingerprint density at radius 1 is 1.50 bits per heavy atom. The Balaban J connectivity index is 1.81. The van der Waals surface area contributed by atoms with Crippen molar-refractivity contribution in [3.05, 3.63) is 0 Å². The highest BCUT2D eigenvalue weighted by Crippen LogP contribution is 2.24. The van der Waals surface area contributed by atoms with Gasteiger partial charge in [-0.15, -0.1) is 0 Å². The summed E-state index contributed by atoms with van der Waals surface area (Å²) in [6.07, 6.45) is 0.755. The summed E-state index contributed by atoms with van der Waals surface area (Å²) in [7, 11) is -2.79. The quantitative estimate of drug-likeness (QED) is 0.733. The zero-order valence-corrected chi connectivity index (χ0v) is 10.9. The molecule has 0 spiro atoms. The molecule has 2 aliphatic rings. The molecule has 2 heterocycles. The van der Waals surface area contributed by atoms with E-state index in [0.29, 0.717) is 17.4 Å². The largest absolute Gasteiger partial charge is 0.316 e. The van der Waals surface area contributed by atoms with Crippen molar-refractivity contribution in [2.75, 3.05) is 31.1 Å². The van der Waals surface area contributed by atoms with Crippen molar-refractivity contribution in [3.63, 3.8) is 0 Å². The summed E-state index contributed by atoms with van der Waals surface area (Å²) in [6.45, 7) is 7.42. The average Bonchev–Trinajstić information content (AvgIpc) is 2.35. The Labute approximate surface area is 98.1 Å². The molecule has 0 aromatic carbocycles. The van der Waals surface area contributed by atoms with Gasteiger partial charge in [0.05, 0.1) is 11.5 Å². The fourth-order valence-electron chi connectivity index (χ4n) is 2.44. The molecular formula is C11H22N2O2S. The molecule has 0 radical (unpaired) electrons. The normalized spacial score (nSPS) is 35.9. The third-order valence-electron chi connectivity index (χ3n) is 3.97. The molecule has 94 valence electrons. The Morgan fingerprint density at radius 3 is 2.62 bits per heavy atom. The van der Waals surface area contributed by atoms with E-state index in [0.717, 1.165) is 32.0 Å². The molecule has 2 rings (SSSR count). The molecule has 0 aromatic heterocycles. The molecule has 2 saturated heterocycles. The van der Waals surface area contributed by atoms with Gasteiger partial charge in [-0.2, -0.15) is 0 Å². The van der Waals surface area contributed by atoms with E-state index in [-0.39, 0.29) is 5.54 Å². The van der Waals surface area contributed by atoms with Crippen LogP contribution < -0.4 is 10.6 Å². The molecule has 2 fully saturated rings. The second kappa shape index (κ2) is 4.27. The molecule has 2 aliphatic heterocycles. The molecule has 16 heavy (non-hydrogen) atoms. The van der Waals surface area contributed by atoms with Gasteiger partial charge in [0.15, 0.2) is 9.84 Å². The van der Waals surface area contributed by atoms with Gasteiger partial charge < -0.3 is 10.6 Å². The summed E-state index contributed by atoms with van der Waals surface area (Å²) >= 11 is 0. The van der Waals surface area contributed by atoms with Crippen LogP contribution in [0.15, 0.2) is 0 Å². The molecule has 5 heteroatoms. The summed E-state index contributed by atoms with van der Waals surface area (Å²) in [5.74, 6) is 2.03. The minimum Gasteiger partial charge on any atom is -0.316 e. The van der Waals surface area contributed by atoms with Crippen LogP contribution in [0.2, 0.25) is 0 Å². The summed E-state index contributed by atoms with van der Waals surface area (Å²) in [5.41, 5.74) is -0.190. The summed E-state index contributed by atoms with van der Waals surface area (Å²) < 4.78 is 22.9. The Kier molecular flexibility index (Phi) is 3.29. The smallest absolute Gasteiger partial charge is 0.152 e. The van der Waals surface area contributed by atoms with Crippen molar-refractivity contribution in [3.8, 4) is 0 Å². The minimum absolute atomic E-state index is 0.190. The number of hydrogen-bond donors (Lipinski definition) is 2. The summed E-state index contributed by atoms with van der Waals surface area (Å²) in [6, 6.07) is 0. The standard InChI is InChI=1S/C11H22N2O2S/c1-9(10-6-12-7-10)5-13-11(2)3-4-16(14,15)8-11/h9-10,12-13H,3-8H2,1-2H3. The van der Waals surface area contributed by atoms with Gasteiger partial charge in [0.25, 0.3) is 0 Å². The van der Waals surface area contributed by atoms with Gasteiger partial charge in [-0.3, -0.25) is 0 Å². The van der Waals surface area contributed by atoms with E-state index in [2.05, 4.69) is 17.6 Å². The fourth-order valence-corrected chi connectivity index (χ4v) is 4.56. The molecule has 2 atom stereocenters. The SMILES string of the molecule is CC(CNC1(C)CCS(=O)(=O)C1)C1CNC1. The topological polar surface area (TPSA) is 58.2 Å². The Hall–Kier alpha value is -0.130. The zero-order valence-electron chi connectivity index (χ0n) is 10.1. The highest BCUT2D eigenvalue weighted by Gasteiger charge is 2.38. The Morgan fingerprint density at radius 2 is 2.19 bits per heavy atom. The van der Waals surface area contributed by atoms with Crippen LogP contribution >= 0.6 is 0 Å². The van der Waals surface area contributed by atoms with E-state index in [1.807, 2.05) is 6.92 Å². The van der Waals surface area contributed by atoms with Crippen LogP contribution in [0.25, 0.3) is 0 Å². The van der Waals surface area contributed by atoms with Crippen LogP contribution in [0, 0.1) is 11.8 Å². The lowest BCUT2D eigenvalue weighted by atomic mass is 9.88. The van der Waals surface area contributed by atoms with Gasteiger partial charge in [0, 0.05) is 5.54 Å². The van der Waals surface area contributed by atoms with E-state index in [1.54, 1.807) is 0 Å². The van der Waals surface area contributed by atoms with Gasteiger partial charge >= 0.3 is 0 Å². The molecule has 2 N–H and O–H groups in total. The van der Waals surface area contributed by atoms with Gasteiger partial charge in [0.1, 0.15) is 0 Å². The van der Waals surface area contributed by atoms with E-state index in [1.165, 1.54) is 0 Å². The van der Waals surface area contributed by atoms with Gasteiger partial charge in [0.2, 0.25) is 0 Å². The van der Waals surface area contributed by atoms with Crippen LogP contribution in [-0.2, 0) is 9.84 Å². The first-order valence-electron chi connectivity index (χ1n) is 6.06. The third kappa shape index (κ3) is 2.76. The van der Waals surface area contributed by atoms with Crippen LogP contribution in [0.1, 0.15) is 20.3 Å². The van der Waals surface area contributed by atoms with Gasteiger partial charge in [-0.25, -0.2) is 8.42 Å². The van der Waals surface area contributed by atoms with E-state index in [9.17, 15) is 8.42 Å². The third-order valence-corrected chi connectivity index (χ3v) is 5.88. The monoisotopic (exact) mass is 246 g/mol. The second-order valence-electron chi connectivity index (χ2n) is 5.68. The first kappa shape index (κ1) is 12.3. The molecule has 0 amide bonds. The zero-order chi connectivity index (χ0) is 11.8. The van der Waals surface area contributed by atoms with Crippen molar-refractivity contribution in [2.24, 2.45) is 11.8 Å². The maximum absolute atomic E-state index is 11.4. The Bertz CT molecular complexity index is 351.